The summed E-state index contributed by atoms with van der Waals surface area (Å²) in [5.74, 6) is 0.248. The zero-order valence-corrected chi connectivity index (χ0v) is 13.1. The first kappa shape index (κ1) is 14.8. The molecule has 0 radical (unpaired) electrons. The minimum Gasteiger partial charge on any atom is -0.369 e. The van der Waals surface area contributed by atoms with Crippen molar-refractivity contribution in [1.29, 1.82) is 0 Å². The van der Waals surface area contributed by atoms with Crippen LogP contribution in [-0.2, 0) is 10.0 Å². The van der Waals surface area contributed by atoms with Crippen molar-refractivity contribution in [2.24, 2.45) is 0 Å². The molecule has 2 fully saturated rings. The van der Waals surface area contributed by atoms with E-state index in [-0.39, 0.29) is 11.8 Å². The maximum absolute atomic E-state index is 12.5. The van der Waals surface area contributed by atoms with Crippen LogP contribution < -0.4 is 10.2 Å². The Labute approximate surface area is 127 Å². The highest BCUT2D eigenvalue weighted by Crippen LogP contribution is 2.18. The summed E-state index contributed by atoms with van der Waals surface area (Å²) in [6.07, 6.45) is 2.06. The normalized spacial score (nSPS) is 24.4. The van der Waals surface area contributed by atoms with Crippen molar-refractivity contribution >= 4 is 15.7 Å². The summed E-state index contributed by atoms with van der Waals surface area (Å²) in [4.78, 5) is 2.25. The molecule has 0 bridgehead atoms. The summed E-state index contributed by atoms with van der Waals surface area (Å²) >= 11 is 0. The summed E-state index contributed by atoms with van der Waals surface area (Å²) in [5.41, 5.74) is 1.17. The predicted octanol–water partition coefficient (Wildman–Crippen LogP) is 0.890. The van der Waals surface area contributed by atoms with Gasteiger partial charge in [0.15, 0.2) is 0 Å². The molecule has 21 heavy (non-hydrogen) atoms. The first-order valence-electron chi connectivity index (χ1n) is 7.66. The van der Waals surface area contributed by atoms with Crippen LogP contribution in [0.4, 0.5) is 5.69 Å². The molecule has 0 saturated carbocycles. The molecule has 2 aliphatic heterocycles. The lowest BCUT2D eigenvalue weighted by molar-refractivity contribution is 0.382. The Kier molecular flexibility index (Phi) is 4.47. The smallest absolute Gasteiger partial charge is 0.215 e. The van der Waals surface area contributed by atoms with Crippen molar-refractivity contribution in [2.45, 2.75) is 18.9 Å². The second-order valence-corrected chi connectivity index (χ2v) is 7.81. The number of hydrogen-bond donors (Lipinski definition) is 1. The molecule has 1 atom stereocenters. The molecule has 2 heterocycles. The Hall–Kier alpha value is -1.11. The Balaban J connectivity index is 1.57. The van der Waals surface area contributed by atoms with E-state index in [0.717, 1.165) is 32.5 Å². The average molecular weight is 309 g/mol. The Morgan fingerprint density at radius 1 is 1.10 bits per heavy atom. The predicted molar refractivity (Wildman–Crippen MR) is 85.0 cm³/mol. The third kappa shape index (κ3) is 3.56. The highest BCUT2D eigenvalue weighted by Gasteiger charge is 2.30. The number of benzene rings is 1. The van der Waals surface area contributed by atoms with E-state index in [1.807, 2.05) is 18.2 Å². The van der Waals surface area contributed by atoms with Gasteiger partial charge < -0.3 is 10.2 Å². The van der Waals surface area contributed by atoms with Crippen LogP contribution in [0.5, 0.6) is 0 Å². The first-order chi connectivity index (χ1) is 10.1. The van der Waals surface area contributed by atoms with Gasteiger partial charge >= 0.3 is 0 Å². The summed E-state index contributed by atoms with van der Waals surface area (Å²) in [5, 5.41) is 3.27. The molecular formula is C15H23N3O2S. The number of nitrogens with zero attached hydrogens (tertiary/aromatic N) is 2. The van der Waals surface area contributed by atoms with Gasteiger partial charge in [-0.25, -0.2) is 8.42 Å². The number of sulfonamides is 1. The summed E-state index contributed by atoms with van der Waals surface area (Å²) < 4.78 is 26.6. The monoisotopic (exact) mass is 309 g/mol. The Morgan fingerprint density at radius 3 is 2.43 bits per heavy atom. The fourth-order valence-electron chi connectivity index (χ4n) is 3.12. The molecule has 3 rings (SSSR count). The molecule has 0 aromatic heterocycles. The number of nitrogens with one attached hydrogen (secondary N) is 1. The van der Waals surface area contributed by atoms with Gasteiger partial charge in [0.2, 0.25) is 10.0 Å². The van der Waals surface area contributed by atoms with Gasteiger partial charge in [-0.3, -0.25) is 0 Å². The van der Waals surface area contributed by atoms with Crippen molar-refractivity contribution in [3.05, 3.63) is 30.3 Å². The maximum Gasteiger partial charge on any atom is 0.215 e. The lowest BCUT2D eigenvalue weighted by atomic mass is 10.2. The highest BCUT2D eigenvalue weighted by atomic mass is 32.2. The van der Waals surface area contributed by atoms with Crippen LogP contribution in [0.3, 0.4) is 0 Å². The largest absolute Gasteiger partial charge is 0.369 e. The number of hydrogen-bond acceptors (Lipinski definition) is 4. The van der Waals surface area contributed by atoms with Gasteiger partial charge in [-0.05, 0) is 31.5 Å². The van der Waals surface area contributed by atoms with Crippen LogP contribution in [0, 0.1) is 0 Å². The zero-order chi connectivity index (χ0) is 14.7. The number of anilines is 1. The molecule has 2 aliphatic rings. The molecular weight excluding hydrogens is 286 g/mol. The van der Waals surface area contributed by atoms with E-state index >= 15 is 0 Å². The molecule has 1 unspecified atom stereocenters. The molecule has 0 spiro atoms. The molecule has 116 valence electrons. The summed E-state index contributed by atoms with van der Waals surface area (Å²) in [6, 6.07) is 10.3. The van der Waals surface area contributed by atoms with Gasteiger partial charge in [-0.1, -0.05) is 18.2 Å². The standard InChI is InChI=1S/C15H23N3O2S/c19-21(20,13-14-5-4-8-16-14)18-11-9-17(10-12-18)15-6-2-1-3-7-15/h1-3,6-7,14,16H,4-5,8-13H2. The van der Waals surface area contributed by atoms with Crippen LogP contribution in [0.15, 0.2) is 30.3 Å². The van der Waals surface area contributed by atoms with Crippen LogP contribution >= 0.6 is 0 Å². The van der Waals surface area contributed by atoms with Crippen LogP contribution in [0.25, 0.3) is 0 Å². The summed E-state index contributed by atoms with van der Waals surface area (Å²) in [6.45, 7) is 3.65. The van der Waals surface area contributed by atoms with Gasteiger partial charge in [-0.2, -0.15) is 4.31 Å². The third-order valence-corrected chi connectivity index (χ3v) is 6.30. The van der Waals surface area contributed by atoms with Gasteiger partial charge in [0.25, 0.3) is 0 Å². The topological polar surface area (TPSA) is 52.7 Å². The first-order valence-corrected chi connectivity index (χ1v) is 9.27. The SMILES string of the molecule is O=S(=O)(CC1CCCN1)N1CCN(c2ccccc2)CC1. The Morgan fingerprint density at radius 2 is 1.81 bits per heavy atom. The van der Waals surface area contributed by atoms with Crippen molar-refractivity contribution in [1.82, 2.24) is 9.62 Å². The fourth-order valence-corrected chi connectivity index (χ4v) is 4.85. The zero-order valence-electron chi connectivity index (χ0n) is 12.2. The van der Waals surface area contributed by atoms with Gasteiger partial charge in [-0.15, -0.1) is 0 Å². The number of rotatable bonds is 4. The van der Waals surface area contributed by atoms with Gasteiger partial charge in [0, 0.05) is 37.9 Å². The van der Waals surface area contributed by atoms with Crippen molar-refractivity contribution < 1.29 is 8.42 Å². The van der Waals surface area contributed by atoms with E-state index in [2.05, 4.69) is 22.3 Å². The van der Waals surface area contributed by atoms with E-state index in [1.165, 1.54) is 5.69 Å². The van der Waals surface area contributed by atoms with E-state index in [0.29, 0.717) is 13.1 Å². The molecule has 1 aromatic carbocycles. The van der Waals surface area contributed by atoms with Crippen molar-refractivity contribution in [2.75, 3.05) is 43.4 Å². The maximum atomic E-state index is 12.5. The average Bonchev–Trinajstić information content (AvgIpc) is 3.00. The second-order valence-electron chi connectivity index (χ2n) is 5.79. The minimum atomic E-state index is -3.13. The highest BCUT2D eigenvalue weighted by molar-refractivity contribution is 7.89. The van der Waals surface area contributed by atoms with Crippen LogP contribution in [0.1, 0.15) is 12.8 Å². The third-order valence-electron chi connectivity index (χ3n) is 4.33. The molecule has 1 N–H and O–H groups in total. The molecule has 5 nitrogen and oxygen atoms in total. The quantitative estimate of drug-likeness (QED) is 0.897. The minimum absolute atomic E-state index is 0.141. The molecule has 1 aromatic rings. The molecule has 0 aliphatic carbocycles. The lowest BCUT2D eigenvalue weighted by Gasteiger charge is -2.35. The molecule has 0 amide bonds. The van der Waals surface area contributed by atoms with Gasteiger partial charge in [0.1, 0.15) is 0 Å². The molecule has 6 heteroatoms. The second kappa shape index (κ2) is 6.34. The number of para-hydroxylation sites is 1. The van der Waals surface area contributed by atoms with Crippen LogP contribution in [0.2, 0.25) is 0 Å². The van der Waals surface area contributed by atoms with E-state index in [4.69, 9.17) is 0 Å². The number of piperazine rings is 1. The van der Waals surface area contributed by atoms with Crippen molar-refractivity contribution in [3.8, 4) is 0 Å². The lowest BCUT2D eigenvalue weighted by Crippen LogP contribution is -2.50. The van der Waals surface area contributed by atoms with Crippen LogP contribution in [-0.4, -0.2) is 57.2 Å². The van der Waals surface area contributed by atoms with Gasteiger partial charge in [0.05, 0.1) is 5.75 Å². The van der Waals surface area contributed by atoms with E-state index in [9.17, 15) is 8.42 Å². The van der Waals surface area contributed by atoms with Crippen molar-refractivity contribution in [3.63, 3.8) is 0 Å². The Bertz CT molecular complexity index is 548. The molecule has 2 saturated heterocycles. The summed E-state index contributed by atoms with van der Waals surface area (Å²) in [7, 11) is -3.13. The van der Waals surface area contributed by atoms with E-state index in [1.54, 1.807) is 4.31 Å². The fraction of sp³-hybridized carbons (Fsp3) is 0.600. The van der Waals surface area contributed by atoms with E-state index < -0.39 is 10.0 Å².